The highest BCUT2D eigenvalue weighted by Crippen LogP contribution is 2.23. The molecule has 0 N–H and O–H groups in total. The Morgan fingerprint density at radius 3 is 1.82 bits per heavy atom. The Morgan fingerprint density at radius 1 is 1.12 bits per heavy atom. The van der Waals surface area contributed by atoms with E-state index in [2.05, 4.69) is 0 Å². The van der Waals surface area contributed by atoms with E-state index < -0.39 is 14.5 Å². The third-order valence-electron chi connectivity index (χ3n) is 2.80. The molecule has 0 aromatic rings. The molecular formula is C10H17NO5Si. The Bertz CT molecular complexity index is 313. The Hall–Kier alpha value is -1.02. The minimum atomic E-state index is -3.05. The molecular weight excluding hydrogens is 242 g/mol. The highest BCUT2D eigenvalue weighted by Gasteiger charge is 2.53. The first-order valence-corrected chi connectivity index (χ1v) is 7.07. The number of imide groups is 1. The summed E-state index contributed by atoms with van der Waals surface area (Å²) in [6.45, 7) is 1.85. The molecule has 0 saturated heterocycles. The van der Waals surface area contributed by atoms with Gasteiger partial charge in [-0.25, -0.2) is 0 Å². The number of hydrogen-bond donors (Lipinski definition) is 0. The molecule has 0 aliphatic carbocycles. The highest BCUT2D eigenvalue weighted by molar-refractivity contribution is 6.63. The third kappa shape index (κ3) is 2.32. The van der Waals surface area contributed by atoms with Crippen LogP contribution in [-0.4, -0.2) is 52.5 Å². The molecule has 1 aliphatic rings. The summed E-state index contributed by atoms with van der Waals surface area (Å²) in [7, 11) is 1.32. The van der Waals surface area contributed by atoms with Crippen molar-refractivity contribution in [2.45, 2.75) is 19.0 Å². The second-order valence-electron chi connectivity index (χ2n) is 3.52. The Labute approximate surface area is 102 Å². The molecule has 96 valence electrons. The Kier molecular flexibility index (Phi) is 4.58. The van der Waals surface area contributed by atoms with Crippen molar-refractivity contribution in [1.29, 1.82) is 0 Å². The normalized spacial score (nSPS) is 18.0. The van der Waals surface area contributed by atoms with Crippen LogP contribution in [0.1, 0.15) is 13.3 Å². The lowest BCUT2D eigenvalue weighted by Crippen LogP contribution is -2.62. The van der Waals surface area contributed by atoms with Crippen LogP contribution in [0.4, 0.5) is 0 Å². The van der Waals surface area contributed by atoms with Gasteiger partial charge in [-0.05, 0) is 6.42 Å². The van der Waals surface area contributed by atoms with Crippen molar-refractivity contribution in [2.75, 3.05) is 21.3 Å². The zero-order chi connectivity index (χ0) is 13.1. The van der Waals surface area contributed by atoms with E-state index in [0.29, 0.717) is 6.42 Å². The summed E-state index contributed by atoms with van der Waals surface area (Å²) < 4.78 is 16.0. The lowest BCUT2D eigenvalue weighted by molar-refractivity contribution is -0.139. The summed E-state index contributed by atoms with van der Waals surface area (Å²) in [5, 5.41) is 0. The Morgan fingerprint density at radius 2 is 1.53 bits per heavy atom. The average Bonchev–Trinajstić information content (AvgIpc) is 2.67. The number of amides is 2. The first-order chi connectivity index (χ1) is 8.06. The van der Waals surface area contributed by atoms with Crippen LogP contribution >= 0.6 is 0 Å². The van der Waals surface area contributed by atoms with E-state index in [-0.39, 0.29) is 11.8 Å². The molecule has 0 radical (unpaired) electrons. The van der Waals surface area contributed by atoms with Gasteiger partial charge in [-0.3, -0.25) is 14.5 Å². The molecule has 7 heteroatoms. The third-order valence-corrected chi connectivity index (χ3v) is 5.99. The number of nitrogens with zero attached hydrogens (tertiary/aromatic N) is 1. The van der Waals surface area contributed by atoms with Crippen molar-refractivity contribution in [1.82, 2.24) is 4.90 Å². The molecule has 0 aromatic heterocycles. The van der Waals surface area contributed by atoms with Crippen molar-refractivity contribution >= 4 is 20.6 Å². The molecule has 17 heavy (non-hydrogen) atoms. The second kappa shape index (κ2) is 5.54. The van der Waals surface area contributed by atoms with Crippen LogP contribution in [0, 0.1) is 0 Å². The van der Waals surface area contributed by atoms with E-state index >= 15 is 0 Å². The fraction of sp³-hybridized carbons (Fsp3) is 0.600. The molecule has 0 bridgehead atoms. The lowest BCUT2D eigenvalue weighted by atomic mass is 10.4. The van der Waals surface area contributed by atoms with E-state index in [1.807, 2.05) is 6.92 Å². The summed E-state index contributed by atoms with van der Waals surface area (Å²) >= 11 is 0. The van der Waals surface area contributed by atoms with Gasteiger partial charge in [0.25, 0.3) is 11.8 Å². The average molecular weight is 259 g/mol. The first kappa shape index (κ1) is 14.0. The fourth-order valence-corrected chi connectivity index (χ4v) is 4.35. The molecule has 1 atom stereocenters. The zero-order valence-electron chi connectivity index (χ0n) is 10.4. The first-order valence-electron chi connectivity index (χ1n) is 5.27. The predicted molar refractivity (Wildman–Crippen MR) is 61.9 cm³/mol. The number of carbonyl (C=O) groups is 2. The summed E-state index contributed by atoms with van der Waals surface area (Å²) in [5.41, 5.74) is -0.502. The maximum absolute atomic E-state index is 11.7. The molecule has 0 aromatic carbocycles. The lowest BCUT2D eigenvalue weighted by Gasteiger charge is -2.36. The van der Waals surface area contributed by atoms with Crippen LogP contribution in [0.2, 0.25) is 0 Å². The summed E-state index contributed by atoms with van der Waals surface area (Å²) in [6, 6.07) is 0. The molecule has 1 aliphatic heterocycles. The standard InChI is InChI=1S/C10H17NO5Si/c1-5-10(17(14-2,15-3)16-4)11-8(12)6-7-9(11)13/h6-7,10H,5H2,1-4H3. The van der Waals surface area contributed by atoms with Crippen LogP contribution in [0.15, 0.2) is 12.2 Å². The van der Waals surface area contributed by atoms with Crippen LogP contribution < -0.4 is 0 Å². The number of rotatable bonds is 6. The van der Waals surface area contributed by atoms with E-state index in [1.165, 1.54) is 33.5 Å². The Balaban J connectivity index is 3.05. The van der Waals surface area contributed by atoms with Gasteiger partial charge in [-0.1, -0.05) is 6.92 Å². The largest absolute Gasteiger partial charge is 0.524 e. The van der Waals surface area contributed by atoms with Gasteiger partial charge in [0.1, 0.15) is 5.67 Å². The van der Waals surface area contributed by atoms with E-state index in [0.717, 1.165) is 4.90 Å². The minimum Gasteiger partial charge on any atom is -0.376 e. The molecule has 6 nitrogen and oxygen atoms in total. The zero-order valence-corrected chi connectivity index (χ0v) is 11.4. The van der Waals surface area contributed by atoms with Crippen LogP contribution in [0.3, 0.4) is 0 Å². The van der Waals surface area contributed by atoms with Gasteiger partial charge in [0.15, 0.2) is 0 Å². The van der Waals surface area contributed by atoms with E-state index in [1.54, 1.807) is 0 Å². The molecule has 0 saturated carbocycles. The van der Waals surface area contributed by atoms with Crippen LogP contribution in [0.25, 0.3) is 0 Å². The summed E-state index contributed by atoms with van der Waals surface area (Å²) in [4.78, 5) is 24.4. The van der Waals surface area contributed by atoms with Crippen molar-refractivity contribution in [2.24, 2.45) is 0 Å². The van der Waals surface area contributed by atoms with Gasteiger partial charge < -0.3 is 13.3 Å². The molecule has 0 spiro atoms. The SMILES string of the molecule is CCC(N1C(=O)C=CC1=O)[Si](OC)(OC)OC. The number of hydrogen-bond acceptors (Lipinski definition) is 5. The van der Waals surface area contributed by atoms with E-state index in [4.69, 9.17) is 13.3 Å². The molecule has 0 fully saturated rings. The quantitative estimate of drug-likeness (QED) is 0.500. The maximum Gasteiger partial charge on any atom is 0.524 e. The number of carbonyl (C=O) groups excluding carboxylic acids is 2. The van der Waals surface area contributed by atoms with Gasteiger partial charge in [-0.2, -0.15) is 0 Å². The molecule has 2 amide bonds. The van der Waals surface area contributed by atoms with Gasteiger partial charge >= 0.3 is 8.80 Å². The maximum atomic E-state index is 11.7. The summed E-state index contributed by atoms with van der Waals surface area (Å²) in [6.07, 6.45) is 3.00. The molecule has 1 unspecified atom stereocenters. The van der Waals surface area contributed by atoms with Gasteiger partial charge in [0, 0.05) is 33.5 Å². The van der Waals surface area contributed by atoms with Crippen LogP contribution in [0.5, 0.6) is 0 Å². The second-order valence-corrected chi connectivity index (χ2v) is 6.62. The fourth-order valence-electron chi connectivity index (χ4n) is 1.97. The molecule has 1 heterocycles. The highest BCUT2D eigenvalue weighted by atomic mass is 28.4. The smallest absolute Gasteiger partial charge is 0.376 e. The van der Waals surface area contributed by atoms with Gasteiger partial charge in [0.05, 0.1) is 0 Å². The summed E-state index contributed by atoms with van der Waals surface area (Å²) in [5.74, 6) is -0.713. The van der Waals surface area contributed by atoms with Crippen molar-refractivity contribution in [3.05, 3.63) is 12.2 Å². The minimum absolute atomic E-state index is 0.357. The van der Waals surface area contributed by atoms with Gasteiger partial charge in [0.2, 0.25) is 0 Å². The van der Waals surface area contributed by atoms with Crippen molar-refractivity contribution in [3.63, 3.8) is 0 Å². The van der Waals surface area contributed by atoms with Gasteiger partial charge in [-0.15, -0.1) is 0 Å². The van der Waals surface area contributed by atoms with Crippen molar-refractivity contribution in [3.8, 4) is 0 Å². The van der Waals surface area contributed by atoms with E-state index in [9.17, 15) is 9.59 Å². The predicted octanol–water partition coefficient (Wildman–Crippen LogP) is 0.107. The molecule has 1 rings (SSSR count). The monoisotopic (exact) mass is 259 g/mol. The van der Waals surface area contributed by atoms with Crippen molar-refractivity contribution < 1.29 is 22.9 Å². The topological polar surface area (TPSA) is 65.1 Å². The van der Waals surface area contributed by atoms with Crippen LogP contribution in [-0.2, 0) is 22.9 Å².